The minimum Gasteiger partial charge on any atom is -0.349 e. The topological polar surface area (TPSA) is 80.1 Å². The van der Waals surface area contributed by atoms with Crippen molar-refractivity contribution >= 4 is 11.8 Å². The molecule has 1 aliphatic rings. The molecule has 0 unspecified atom stereocenters. The first kappa shape index (κ1) is 17.1. The van der Waals surface area contributed by atoms with Gasteiger partial charge in [0.2, 0.25) is 0 Å². The van der Waals surface area contributed by atoms with Crippen molar-refractivity contribution in [3.05, 3.63) is 48.0 Å². The molecule has 132 valence electrons. The zero-order valence-electron chi connectivity index (χ0n) is 14.6. The summed E-state index contributed by atoms with van der Waals surface area (Å²) in [6, 6.07) is 3.80. The predicted molar refractivity (Wildman–Crippen MR) is 93.2 cm³/mol. The number of nitrogens with one attached hydrogen (secondary N) is 1. The Morgan fingerprint density at radius 3 is 2.56 bits per heavy atom. The van der Waals surface area contributed by atoms with Gasteiger partial charge in [0.05, 0.1) is 17.3 Å². The Kier molecular flexibility index (Phi) is 5.11. The fourth-order valence-electron chi connectivity index (χ4n) is 2.91. The van der Waals surface area contributed by atoms with Crippen molar-refractivity contribution in [1.29, 1.82) is 0 Å². The Balaban J connectivity index is 1.53. The quantitative estimate of drug-likeness (QED) is 0.921. The fourth-order valence-corrected chi connectivity index (χ4v) is 2.91. The normalized spacial score (nSPS) is 15.4. The van der Waals surface area contributed by atoms with E-state index in [1.165, 1.54) is 0 Å². The average molecular weight is 341 g/mol. The van der Waals surface area contributed by atoms with Crippen LogP contribution in [0.4, 0.5) is 0 Å². The van der Waals surface area contributed by atoms with E-state index >= 15 is 0 Å². The van der Waals surface area contributed by atoms with Crippen LogP contribution in [-0.2, 0) is 0 Å². The molecule has 2 aromatic heterocycles. The number of piperidine rings is 1. The second kappa shape index (κ2) is 7.46. The van der Waals surface area contributed by atoms with Crippen LogP contribution >= 0.6 is 0 Å². The number of rotatable bonds is 4. The van der Waals surface area contributed by atoms with E-state index in [-0.39, 0.29) is 23.9 Å². The van der Waals surface area contributed by atoms with Gasteiger partial charge in [0.25, 0.3) is 11.8 Å². The first-order valence-electron chi connectivity index (χ1n) is 8.59. The first-order valence-corrected chi connectivity index (χ1v) is 8.59. The highest BCUT2D eigenvalue weighted by atomic mass is 16.2. The van der Waals surface area contributed by atoms with Gasteiger partial charge >= 0.3 is 0 Å². The molecule has 0 aromatic carbocycles. The zero-order valence-corrected chi connectivity index (χ0v) is 14.6. The van der Waals surface area contributed by atoms with Crippen LogP contribution in [0.5, 0.6) is 0 Å². The number of amides is 2. The summed E-state index contributed by atoms with van der Waals surface area (Å²) in [5.41, 5.74) is 1.17. The van der Waals surface area contributed by atoms with Crippen molar-refractivity contribution in [3.63, 3.8) is 0 Å². The summed E-state index contributed by atoms with van der Waals surface area (Å²) in [6.07, 6.45) is 8.11. The van der Waals surface area contributed by atoms with Gasteiger partial charge in [0.15, 0.2) is 0 Å². The van der Waals surface area contributed by atoms with Gasteiger partial charge < -0.3 is 10.2 Å². The lowest BCUT2D eigenvalue weighted by molar-refractivity contribution is 0.0698. The largest absolute Gasteiger partial charge is 0.349 e. The van der Waals surface area contributed by atoms with E-state index in [2.05, 4.69) is 15.4 Å². The van der Waals surface area contributed by atoms with Crippen LogP contribution in [0.2, 0.25) is 0 Å². The van der Waals surface area contributed by atoms with Gasteiger partial charge in [-0.3, -0.25) is 19.3 Å². The summed E-state index contributed by atoms with van der Waals surface area (Å²) in [5.74, 6) is -0.111. The maximum atomic E-state index is 12.6. The lowest BCUT2D eigenvalue weighted by Crippen LogP contribution is -2.46. The Morgan fingerprint density at radius 2 is 1.96 bits per heavy atom. The third kappa shape index (κ3) is 4.04. The summed E-state index contributed by atoms with van der Waals surface area (Å²) in [6.45, 7) is 5.31. The zero-order chi connectivity index (χ0) is 17.8. The number of carbonyl (C=O) groups is 2. The van der Waals surface area contributed by atoms with Crippen LogP contribution in [0.1, 0.15) is 53.4 Å². The molecule has 3 heterocycles. The SMILES string of the molecule is CC(C)n1cc(C(=O)N2CCC(NC(=O)c3cccnc3)CC2)cn1. The molecular weight excluding hydrogens is 318 g/mol. The van der Waals surface area contributed by atoms with Crippen molar-refractivity contribution in [2.24, 2.45) is 0 Å². The number of pyridine rings is 1. The molecule has 0 radical (unpaired) electrons. The molecule has 0 spiro atoms. The molecular formula is C18H23N5O2. The smallest absolute Gasteiger partial charge is 0.257 e. The second-order valence-corrected chi connectivity index (χ2v) is 6.58. The molecule has 25 heavy (non-hydrogen) atoms. The summed E-state index contributed by atoms with van der Waals surface area (Å²) in [7, 11) is 0. The van der Waals surface area contributed by atoms with Gasteiger partial charge in [0, 0.05) is 43.8 Å². The summed E-state index contributed by atoms with van der Waals surface area (Å²) < 4.78 is 1.79. The summed E-state index contributed by atoms with van der Waals surface area (Å²) in [4.78, 5) is 30.5. The van der Waals surface area contributed by atoms with Crippen LogP contribution in [-0.4, -0.2) is 50.6 Å². The molecule has 0 atom stereocenters. The molecule has 2 amide bonds. The van der Waals surface area contributed by atoms with Crippen LogP contribution in [0.25, 0.3) is 0 Å². The van der Waals surface area contributed by atoms with E-state index in [9.17, 15) is 9.59 Å². The number of aromatic nitrogens is 3. The molecule has 3 rings (SSSR count). The minimum absolute atomic E-state index is 0.00364. The monoisotopic (exact) mass is 341 g/mol. The molecule has 2 aromatic rings. The Labute approximate surface area is 147 Å². The van der Waals surface area contributed by atoms with Crippen molar-refractivity contribution in [3.8, 4) is 0 Å². The molecule has 1 saturated heterocycles. The molecule has 1 aliphatic heterocycles. The molecule has 0 bridgehead atoms. The highest BCUT2D eigenvalue weighted by molar-refractivity contribution is 5.94. The van der Waals surface area contributed by atoms with Gasteiger partial charge in [-0.1, -0.05) is 0 Å². The van der Waals surface area contributed by atoms with Gasteiger partial charge in [-0.15, -0.1) is 0 Å². The van der Waals surface area contributed by atoms with Crippen LogP contribution < -0.4 is 5.32 Å². The first-order chi connectivity index (χ1) is 12.0. The third-order valence-electron chi connectivity index (χ3n) is 4.42. The summed E-state index contributed by atoms with van der Waals surface area (Å²) in [5, 5.41) is 7.25. The highest BCUT2D eigenvalue weighted by Crippen LogP contribution is 2.15. The van der Waals surface area contributed by atoms with E-state index in [0.717, 1.165) is 12.8 Å². The van der Waals surface area contributed by atoms with E-state index in [0.29, 0.717) is 24.2 Å². The lowest BCUT2D eigenvalue weighted by Gasteiger charge is -2.32. The van der Waals surface area contributed by atoms with Crippen molar-refractivity contribution in [2.45, 2.75) is 38.8 Å². The van der Waals surface area contributed by atoms with Gasteiger partial charge in [-0.2, -0.15) is 5.10 Å². The Bertz CT molecular complexity index is 733. The van der Waals surface area contributed by atoms with Gasteiger partial charge in [-0.25, -0.2) is 0 Å². The van der Waals surface area contributed by atoms with E-state index < -0.39 is 0 Å². The number of nitrogens with zero attached hydrogens (tertiary/aromatic N) is 4. The standard InChI is InChI=1S/C18H23N5O2/c1-13(2)23-12-15(11-20-23)18(25)22-8-5-16(6-9-22)21-17(24)14-4-3-7-19-10-14/h3-4,7,10-13,16H,5-6,8-9H2,1-2H3,(H,21,24). The fraction of sp³-hybridized carbons (Fsp3) is 0.444. The second-order valence-electron chi connectivity index (χ2n) is 6.58. The predicted octanol–water partition coefficient (Wildman–Crippen LogP) is 1.89. The highest BCUT2D eigenvalue weighted by Gasteiger charge is 2.25. The average Bonchev–Trinajstić information content (AvgIpc) is 3.13. The summed E-state index contributed by atoms with van der Waals surface area (Å²) >= 11 is 0. The van der Waals surface area contributed by atoms with Crippen molar-refractivity contribution < 1.29 is 9.59 Å². The number of likely N-dealkylation sites (tertiary alicyclic amines) is 1. The molecule has 1 N–H and O–H groups in total. The van der Waals surface area contributed by atoms with E-state index in [1.807, 2.05) is 18.7 Å². The van der Waals surface area contributed by atoms with Crippen LogP contribution in [0.3, 0.4) is 0 Å². The number of hydrogen-bond acceptors (Lipinski definition) is 4. The maximum absolute atomic E-state index is 12.6. The third-order valence-corrected chi connectivity index (χ3v) is 4.42. The van der Waals surface area contributed by atoms with Gasteiger partial charge in [-0.05, 0) is 38.8 Å². The number of hydrogen-bond donors (Lipinski definition) is 1. The molecule has 7 heteroatoms. The molecule has 0 aliphatic carbocycles. The van der Waals surface area contributed by atoms with Crippen LogP contribution in [0, 0.1) is 0 Å². The van der Waals surface area contributed by atoms with E-state index in [1.54, 1.807) is 41.6 Å². The Hall–Kier alpha value is -2.70. The Morgan fingerprint density at radius 1 is 1.20 bits per heavy atom. The minimum atomic E-state index is -0.115. The molecule has 1 fully saturated rings. The van der Waals surface area contributed by atoms with Crippen LogP contribution in [0.15, 0.2) is 36.9 Å². The van der Waals surface area contributed by atoms with Gasteiger partial charge in [0.1, 0.15) is 0 Å². The van der Waals surface area contributed by atoms with Crippen molar-refractivity contribution in [2.75, 3.05) is 13.1 Å². The van der Waals surface area contributed by atoms with Crippen molar-refractivity contribution in [1.82, 2.24) is 25.0 Å². The maximum Gasteiger partial charge on any atom is 0.257 e. The van der Waals surface area contributed by atoms with E-state index in [4.69, 9.17) is 0 Å². The number of carbonyl (C=O) groups excluding carboxylic acids is 2. The lowest BCUT2D eigenvalue weighted by atomic mass is 10.0. The molecule has 0 saturated carbocycles. The molecule has 7 nitrogen and oxygen atoms in total.